The van der Waals surface area contributed by atoms with Crippen LogP contribution in [0, 0.1) is 23.2 Å². The summed E-state index contributed by atoms with van der Waals surface area (Å²) < 4.78 is 5.28. The number of benzene rings is 2. The van der Waals surface area contributed by atoms with Crippen LogP contribution in [0.4, 0.5) is 5.69 Å². The van der Waals surface area contributed by atoms with Crippen molar-refractivity contribution in [3.05, 3.63) is 65.2 Å². The second-order valence-electron chi connectivity index (χ2n) is 11.2. The van der Waals surface area contributed by atoms with E-state index in [0.717, 1.165) is 43.4 Å². The minimum Gasteiger partial charge on any atom is -0.469 e. The summed E-state index contributed by atoms with van der Waals surface area (Å²) >= 11 is 0. The Morgan fingerprint density at radius 2 is 1.89 bits per heavy atom. The molecule has 3 atom stereocenters. The van der Waals surface area contributed by atoms with Crippen molar-refractivity contribution in [2.75, 3.05) is 18.6 Å². The number of carbonyl (C=O) groups excluding carboxylic acids is 2. The van der Waals surface area contributed by atoms with Crippen LogP contribution in [0.15, 0.2) is 48.5 Å². The van der Waals surface area contributed by atoms with Gasteiger partial charge in [0.1, 0.15) is 0 Å². The van der Waals surface area contributed by atoms with E-state index >= 15 is 0 Å². The van der Waals surface area contributed by atoms with Crippen LogP contribution in [0.2, 0.25) is 0 Å². The molecule has 36 heavy (non-hydrogen) atoms. The van der Waals surface area contributed by atoms with Crippen molar-refractivity contribution >= 4 is 17.6 Å². The Bertz CT molecular complexity index is 1170. The van der Waals surface area contributed by atoms with Gasteiger partial charge < -0.3 is 9.64 Å². The van der Waals surface area contributed by atoms with Crippen molar-refractivity contribution < 1.29 is 14.3 Å². The monoisotopic (exact) mass is 485 g/mol. The highest BCUT2D eigenvalue weighted by Gasteiger charge is 2.57. The van der Waals surface area contributed by atoms with Crippen molar-refractivity contribution in [2.24, 2.45) is 11.3 Å². The van der Waals surface area contributed by atoms with Gasteiger partial charge in [-0.1, -0.05) is 69.4 Å². The highest BCUT2D eigenvalue weighted by atomic mass is 16.5. The molecule has 1 aliphatic heterocycles. The fraction of sp³-hybridized carbons (Fsp3) is 0.500. The molecule has 2 aromatic rings. The lowest BCUT2D eigenvalue weighted by molar-refractivity contribution is -0.161. The van der Waals surface area contributed by atoms with Crippen LogP contribution in [0.25, 0.3) is 0 Å². The first kappa shape index (κ1) is 26.0. The van der Waals surface area contributed by atoms with Crippen LogP contribution in [-0.4, -0.2) is 25.5 Å². The molecule has 1 heterocycles. The van der Waals surface area contributed by atoms with E-state index in [9.17, 15) is 9.59 Å². The van der Waals surface area contributed by atoms with E-state index in [0.29, 0.717) is 18.9 Å². The molecule has 4 heteroatoms. The first-order chi connectivity index (χ1) is 17.2. The number of amides is 1. The van der Waals surface area contributed by atoms with Gasteiger partial charge in [0.15, 0.2) is 0 Å². The topological polar surface area (TPSA) is 46.6 Å². The van der Waals surface area contributed by atoms with Crippen LogP contribution in [0.5, 0.6) is 0 Å². The Hall–Kier alpha value is -3.06. The Morgan fingerprint density at radius 3 is 2.58 bits per heavy atom. The summed E-state index contributed by atoms with van der Waals surface area (Å²) in [5, 5.41) is 0. The number of hydrogen-bond donors (Lipinski definition) is 0. The molecule has 0 N–H and O–H groups in total. The zero-order valence-electron chi connectivity index (χ0n) is 22.4. The van der Waals surface area contributed by atoms with Crippen molar-refractivity contribution in [3.63, 3.8) is 0 Å². The van der Waals surface area contributed by atoms with E-state index in [-0.39, 0.29) is 23.2 Å². The van der Waals surface area contributed by atoms with Gasteiger partial charge in [-0.3, -0.25) is 9.59 Å². The Balaban J connectivity index is 1.69. The van der Waals surface area contributed by atoms with Crippen molar-refractivity contribution in [1.29, 1.82) is 0 Å². The summed E-state index contributed by atoms with van der Waals surface area (Å²) in [6.07, 6.45) is 4.52. The molecule has 1 fully saturated rings. The molecular formula is C32H39NO3. The molecule has 0 spiro atoms. The molecule has 2 aliphatic rings. The minimum absolute atomic E-state index is 0.0962. The van der Waals surface area contributed by atoms with Crippen LogP contribution in [0.1, 0.15) is 88.8 Å². The average molecular weight is 486 g/mol. The van der Waals surface area contributed by atoms with Gasteiger partial charge >= 0.3 is 5.97 Å². The predicted octanol–water partition coefficient (Wildman–Crippen LogP) is 6.62. The van der Waals surface area contributed by atoms with Gasteiger partial charge in [0.2, 0.25) is 5.91 Å². The Morgan fingerprint density at radius 1 is 1.14 bits per heavy atom. The number of fused-ring (bicyclic) bond motifs is 3. The fourth-order valence-electron chi connectivity index (χ4n) is 6.41. The number of methoxy groups -OCH3 is 1. The molecule has 0 aromatic heterocycles. The SMILES string of the molecule is COC(=O)[C@]1(C)CCC[C@]2(C)c3ccc(C(C)C)cc3N(CCCC#Cc3ccccc3)C(=O)C[C@@H]12. The molecule has 1 amide bonds. The van der Waals surface area contributed by atoms with E-state index in [1.807, 2.05) is 42.2 Å². The average Bonchev–Trinajstić information content (AvgIpc) is 2.97. The Kier molecular flexibility index (Phi) is 7.59. The third-order valence-electron chi connectivity index (χ3n) is 8.55. The van der Waals surface area contributed by atoms with E-state index in [4.69, 9.17) is 4.74 Å². The van der Waals surface area contributed by atoms with E-state index in [2.05, 4.69) is 50.8 Å². The number of esters is 1. The number of carbonyl (C=O) groups is 2. The summed E-state index contributed by atoms with van der Waals surface area (Å²) in [5.74, 6) is 6.65. The van der Waals surface area contributed by atoms with Gasteiger partial charge in [-0.25, -0.2) is 0 Å². The third-order valence-corrected chi connectivity index (χ3v) is 8.55. The summed E-state index contributed by atoms with van der Waals surface area (Å²) in [7, 11) is 1.46. The molecule has 0 bridgehead atoms. The lowest BCUT2D eigenvalue weighted by atomic mass is 9.53. The quantitative estimate of drug-likeness (QED) is 0.272. The fourth-order valence-corrected chi connectivity index (χ4v) is 6.41. The van der Waals surface area contributed by atoms with Crippen molar-refractivity contribution in [2.45, 2.75) is 77.6 Å². The number of rotatable bonds is 5. The molecule has 0 saturated heterocycles. The van der Waals surface area contributed by atoms with E-state index < -0.39 is 5.41 Å². The number of unbranched alkanes of at least 4 members (excludes halogenated alkanes) is 1. The van der Waals surface area contributed by atoms with Crippen LogP contribution in [0.3, 0.4) is 0 Å². The predicted molar refractivity (Wildman–Crippen MR) is 145 cm³/mol. The van der Waals surface area contributed by atoms with Crippen molar-refractivity contribution in [3.8, 4) is 11.8 Å². The molecule has 4 nitrogen and oxygen atoms in total. The second-order valence-corrected chi connectivity index (χ2v) is 11.2. The molecule has 190 valence electrons. The van der Waals surface area contributed by atoms with Crippen LogP contribution >= 0.6 is 0 Å². The third kappa shape index (κ3) is 4.81. The number of anilines is 1. The summed E-state index contributed by atoms with van der Waals surface area (Å²) in [5.41, 5.74) is 3.49. The molecule has 0 unspecified atom stereocenters. The maximum absolute atomic E-state index is 13.9. The van der Waals surface area contributed by atoms with Gasteiger partial charge in [0.25, 0.3) is 0 Å². The molecular weight excluding hydrogens is 446 g/mol. The van der Waals surface area contributed by atoms with Crippen molar-refractivity contribution in [1.82, 2.24) is 0 Å². The standard InChI is InChI=1S/C32H39NO3/c1-23(2)25-16-17-26-27(21-25)33(20-11-7-10-15-24-13-8-6-9-14-24)29(34)22-28-31(26,3)18-12-19-32(28,4)30(35)36-5/h6,8-9,13-14,16-17,21,23,28H,7,11-12,18-20,22H2,1-5H3/t28-,31-,32-/m1/s1. The number of nitrogens with zero attached hydrogens (tertiary/aromatic N) is 1. The minimum atomic E-state index is -0.678. The molecule has 2 aromatic carbocycles. The highest BCUT2D eigenvalue weighted by molar-refractivity contribution is 5.96. The van der Waals surface area contributed by atoms with Gasteiger partial charge in [0.05, 0.1) is 12.5 Å². The van der Waals surface area contributed by atoms with Crippen LogP contribution in [-0.2, 0) is 19.7 Å². The number of hydrogen-bond acceptors (Lipinski definition) is 3. The van der Waals surface area contributed by atoms with Gasteiger partial charge in [-0.05, 0) is 72.8 Å². The maximum atomic E-state index is 13.9. The van der Waals surface area contributed by atoms with Gasteiger partial charge in [-0.15, -0.1) is 0 Å². The molecule has 0 radical (unpaired) electrons. The largest absolute Gasteiger partial charge is 0.469 e. The number of ether oxygens (including phenoxy) is 1. The normalized spacial score (nSPS) is 25.3. The first-order valence-electron chi connectivity index (χ1n) is 13.3. The lowest BCUT2D eigenvalue weighted by Gasteiger charge is -2.50. The zero-order chi connectivity index (χ0) is 25.9. The summed E-state index contributed by atoms with van der Waals surface area (Å²) in [6.45, 7) is 9.25. The highest BCUT2D eigenvalue weighted by Crippen LogP contribution is 2.57. The molecule has 1 aliphatic carbocycles. The summed E-state index contributed by atoms with van der Waals surface area (Å²) in [4.78, 5) is 28.9. The molecule has 1 saturated carbocycles. The smallest absolute Gasteiger partial charge is 0.311 e. The Labute approximate surface area is 216 Å². The van der Waals surface area contributed by atoms with E-state index in [1.54, 1.807) is 0 Å². The van der Waals surface area contributed by atoms with Gasteiger partial charge in [-0.2, -0.15) is 0 Å². The zero-order valence-corrected chi connectivity index (χ0v) is 22.4. The maximum Gasteiger partial charge on any atom is 0.311 e. The van der Waals surface area contributed by atoms with Gasteiger partial charge in [0, 0.05) is 30.6 Å². The van der Waals surface area contributed by atoms with Crippen LogP contribution < -0.4 is 4.90 Å². The lowest BCUT2D eigenvalue weighted by Crippen LogP contribution is -2.51. The first-order valence-corrected chi connectivity index (χ1v) is 13.3. The van der Waals surface area contributed by atoms with E-state index in [1.165, 1.54) is 18.2 Å². The summed E-state index contributed by atoms with van der Waals surface area (Å²) in [6, 6.07) is 16.6. The molecule has 4 rings (SSSR count). The second kappa shape index (κ2) is 10.5.